The van der Waals surface area contributed by atoms with Crippen LogP contribution in [0.3, 0.4) is 0 Å². The maximum absolute atomic E-state index is 10.9. The van der Waals surface area contributed by atoms with E-state index < -0.39 is 0 Å². The number of carbonyl (C=O) groups excluding carboxylic acids is 1. The molecule has 3 aliphatic rings. The minimum absolute atomic E-state index is 0.319. The molecule has 0 bridgehead atoms. The molecule has 1 saturated heterocycles. The van der Waals surface area contributed by atoms with Gasteiger partial charge in [0.15, 0.2) is 0 Å². The molecule has 1 N–H and O–H groups in total. The van der Waals surface area contributed by atoms with Crippen LogP contribution in [0.2, 0.25) is 0 Å². The van der Waals surface area contributed by atoms with Crippen LogP contribution in [0.15, 0.2) is 0 Å². The van der Waals surface area contributed by atoms with Crippen molar-refractivity contribution in [3.05, 3.63) is 0 Å². The predicted molar refractivity (Wildman–Crippen MR) is 36.3 cm³/mol. The summed E-state index contributed by atoms with van der Waals surface area (Å²) < 4.78 is 0. The normalized spacial score (nSPS) is 55.8. The second-order valence-electron chi connectivity index (χ2n) is 3.88. The van der Waals surface area contributed by atoms with E-state index in [1.54, 1.807) is 0 Å². The first-order valence-electron chi connectivity index (χ1n) is 4.16. The number of amides is 1. The number of fused-ring (bicyclic) bond motifs is 3. The maximum atomic E-state index is 10.9. The van der Waals surface area contributed by atoms with Gasteiger partial charge in [-0.3, -0.25) is 4.79 Å². The molecule has 2 heteroatoms. The van der Waals surface area contributed by atoms with Crippen molar-refractivity contribution in [1.29, 1.82) is 0 Å². The average Bonchev–Trinajstić information content (AvgIpc) is 2.01. The Morgan fingerprint density at radius 3 is 2.80 bits per heavy atom. The number of hydrogen-bond acceptors (Lipinski definition) is 1. The van der Waals surface area contributed by atoms with Crippen molar-refractivity contribution in [3.8, 4) is 0 Å². The van der Waals surface area contributed by atoms with Crippen LogP contribution in [0.4, 0.5) is 0 Å². The topological polar surface area (TPSA) is 29.1 Å². The highest BCUT2D eigenvalue weighted by Gasteiger charge is 2.56. The molecular weight excluding hydrogens is 126 g/mol. The van der Waals surface area contributed by atoms with Crippen LogP contribution < -0.4 is 5.32 Å². The Kier molecular flexibility index (Phi) is 0.715. The molecule has 3 rings (SSSR count). The molecule has 1 amide bonds. The van der Waals surface area contributed by atoms with E-state index in [2.05, 4.69) is 5.32 Å². The van der Waals surface area contributed by atoms with E-state index >= 15 is 0 Å². The standard InChI is InChI=1S/C8H11NO/c10-8-6-3-4-1-2-5(4)7(6)9-8/h4-7H,1-3H2,(H,9,10). The highest BCUT2D eigenvalue weighted by molar-refractivity contribution is 5.86. The first kappa shape index (κ1) is 5.16. The van der Waals surface area contributed by atoms with Crippen LogP contribution in [0.5, 0.6) is 0 Å². The van der Waals surface area contributed by atoms with Gasteiger partial charge in [0.25, 0.3) is 0 Å². The fraction of sp³-hybridized carbons (Fsp3) is 0.875. The van der Waals surface area contributed by atoms with Crippen LogP contribution in [0.1, 0.15) is 19.3 Å². The first-order chi connectivity index (χ1) is 4.86. The summed E-state index contributed by atoms with van der Waals surface area (Å²) >= 11 is 0. The van der Waals surface area contributed by atoms with Crippen molar-refractivity contribution in [2.24, 2.45) is 17.8 Å². The van der Waals surface area contributed by atoms with Gasteiger partial charge in [0.05, 0.1) is 5.92 Å². The second kappa shape index (κ2) is 1.39. The van der Waals surface area contributed by atoms with Crippen molar-refractivity contribution in [3.63, 3.8) is 0 Å². The van der Waals surface area contributed by atoms with Gasteiger partial charge in [-0.05, 0) is 31.1 Å². The van der Waals surface area contributed by atoms with Gasteiger partial charge < -0.3 is 5.32 Å². The summed E-state index contributed by atoms with van der Waals surface area (Å²) in [7, 11) is 0. The maximum Gasteiger partial charge on any atom is 0.225 e. The number of hydrogen-bond donors (Lipinski definition) is 1. The van der Waals surface area contributed by atoms with E-state index in [9.17, 15) is 4.79 Å². The van der Waals surface area contributed by atoms with Crippen LogP contribution in [-0.4, -0.2) is 11.9 Å². The SMILES string of the molecule is O=C1NC2C1CC1CCC12. The Morgan fingerprint density at radius 1 is 1.40 bits per heavy atom. The van der Waals surface area contributed by atoms with Crippen LogP contribution in [0, 0.1) is 17.8 Å². The third-order valence-electron chi connectivity index (χ3n) is 3.57. The van der Waals surface area contributed by atoms with Gasteiger partial charge in [-0.25, -0.2) is 0 Å². The molecule has 2 saturated carbocycles. The van der Waals surface area contributed by atoms with E-state index in [4.69, 9.17) is 0 Å². The minimum Gasteiger partial charge on any atom is -0.352 e. The highest BCUT2D eigenvalue weighted by atomic mass is 16.2. The van der Waals surface area contributed by atoms with Crippen molar-refractivity contribution in [2.75, 3.05) is 0 Å². The summed E-state index contributed by atoms with van der Waals surface area (Å²) in [5, 5.41) is 3.00. The molecule has 4 atom stereocenters. The fourth-order valence-corrected chi connectivity index (χ4v) is 2.78. The Morgan fingerprint density at radius 2 is 2.30 bits per heavy atom. The zero-order valence-corrected chi connectivity index (χ0v) is 5.84. The zero-order valence-electron chi connectivity index (χ0n) is 5.84. The van der Waals surface area contributed by atoms with Crippen molar-refractivity contribution < 1.29 is 4.79 Å². The molecule has 0 aromatic rings. The van der Waals surface area contributed by atoms with E-state index in [0.29, 0.717) is 17.9 Å². The van der Waals surface area contributed by atoms with Crippen molar-refractivity contribution >= 4 is 5.91 Å². The largest absolute Gasteiger partial charge is 0.352 e. The molecule has 0 spiro atoms. The summed E-state index contributed by atoms with van der Waals surface area (Å²) in [6, 6.07) is 0.603. The summed E-state index contributed by atoms with van der Waals surface area (Å²) in [6.45, 7) is 0. The predicted octanol–water partition coefficient (Wildman–Crippen LogP) is 0.531. The lowest BCUT2D eigenvalue weighted by Crippen LogP contribution is -2.58. The second-order valence-corrected chi connectivity index (χ2v) is 3.88. The molecule has 1 heterocycles. The summed E-state index contributed by atoms with van der Waals surface area (Å²) in [4.78, 5) is 10.9. The van der Waals surface area contributed by atoms with Gasteiger partial charge in [0, 0.05) is 6.04 Å². The van der Waals surface area contributed by atoms with E-state index in [0.717, 1.165) is 11.8 Å². The van der Waals surface area contributed by atoms with Crippen molar-refractivity contribution in [1.82, 2.24) is 5.32 Å². The molecule has 0 aromatic carbocycles. The zero-order chi connectivity index (χ0) is 6.72. The summed E-state index contributed by atoms with van der Waals surface area (Å²) in [5.74, 6) is 2.54. The number of nitrogens with one attached hydrogen (secondary N) is 1. The molecule has 10 heavy (non-hydrogen) atoms. The van der Waals surface area contributed by atoms with Crippen LogP contribution in [0.25, 0.3) is 0 Å². The average molecular weight is 137 g/mol. The third kappa shape index (κ3) is 0.386. The lowest BCUT2D eigenvalue weighted by molar-refractivity contribution is -0.134. The lowest BCUT2D eigenvalue weighted by atomic mass is 9.74. The Balaban J connectivity index is 1.88. The molecule has 2 aliphatic carbocycles. The number of carbonyl (C=O) groups is 1. The van der Waals surface area contributed by atoms with Gasteiger partial charge in [-0.2, -0.15) is 0 Å². The molecule has 2 nitrogen and oxygen atoms in total. The monoisotopic (exact) mass is 137 g/mol. The van der Waals surface area contributed by atoms with Gasteiger partial charge in [-0.1, -0.05) is 0 Å². The minimum atomic E-state index is 0.319. The Labute approximate surface area is 60.0 Å². The number of β-lactam (4-membered cyclic amide) rings is 1. The lowest BCUT2D eigenvalue weighted by Gasteiger charge is -2.38. The van der Waals surface area contributed by atoms with Gasteiger partial charge in [0.1, 0.15) is 0 Å². The highest BCUT2D eigenvalue weighted by Crippen LogP contribution is 2.52. The molecule has 54 valence electrons. The van der Waals surface area contributed by atoms with E-state index in [1.165, 1.54) is 19.3 Å². The Bertz CT molecular complexity index is 201. The first-order valence-corrected chi connectivity index (χ1v) is 4.16. The molecule has 0 aromatic heterocycles. The summed E-state index contributed by atoms with van der Waals surface area (Å²) in [5.41, 5.74) is 0. The van der Waals surface area contributed by atoms with Crippen LogP contribution in [-0.2, 0) is 4.79 Å². The Hall–Kier alpha value is -0.530. The molecule has 1 aliphatic heterocycles. The smallest absolute Gasteiger partial charge is 0.225 e. The third-order valence-corrected chi connectivity index (χ3v) is 3.57. The van der Waals surface area contributed by atoms with E-state index in [-0.39, 0.29) is 0 Å². The fourth-order valence-electron chi connectivity index (χ4n) is 2.78. The van der Waals surface area contributed by atoms with Gasteiger partial charge in [0.2, 0.25) is 5.91 Å². The molecule has 3 fully saturated rings. The molecular formula is C8H11NO. The van der Waals surface area contributed by atoms with Crippen molar-refractivity contribution in [2.45, 2.75) is 25.3 Å². The number of rotatable bonds is 0. The molecule has 4 unspecified atom stereocenters. The van der Waals surface area contributed by atoms with E-state index in [1.807, 2.05) is 0 Å². The molecule has 0 radical (unpaired) electrons. The summed E-state index contributed by atoms with van der Waals surface area (Å²) in [6.07, 6.45) is 3.94. The van der Waals surface area contributed by atoms with Gasteiger partial charge >= 0.3 is 0 Å². The van der Waals surface area contributed by atoms with Gasteiger partial charge in [-0.15, -0.1) is 0 Å². The van der Waals surface area contributed by atoms with Crippen LogP contribution >= 0.6 is 0 Å². The quantitative estimate of drug-likeness (QED) is 0.485.